The lowest BCUT2D eigenvalue weighted by Crippen LogP contribution is -2.43. The second kappa shape index (κ2) is 55.6. The molecular weight excluding hydrogens is 837 g/mol. The molecule has 0 aliphatic carbocycles. The molecule has 1 rings (SSSR count). The van der Waals surface area contributed by atoms with Gasteiger partial charge in [-0.25, -0.2) is 0 Å². The number of unbranched alkanes of at least 4 members (excludes halogenated alkanes) is 39. The van der Waals surface area contributed by atoms with Gasteiger partial charge in [0, 0.05) is 26.2 Å². The van der Waals surface area contributed by atoms with E-state index in [1.54, 1.807) is 0 Å². The van der Waals surface area contributed by atoms with Crippen molar-refractivity contribution in [1.82, 2.24) is 19.6 Å². The Labute approximate surface area is 438 Å². The lowest BCUT2D eigenvalue weighted by Gasteiger charge is -2.35. The first kappa shape index (κ1) is 66.9. The van der Waals surface area contributed by atoms with Crippen molar-refractivity contribution in [1.29, 1.82) is 0 Å². The molecule has 0 bridgehead atoms. The van der Waals surface area contributed by atoms with Gasteiger partial charge in [-0.2, -0.15) is 0 Å². The summed E-state index contributed by atoms with van der Waals surface area (Å²) in [5, 5.41) is 0. The first-order valence-electron chi connectivity index (χ1n) is 33.1. The van der Waals surface area contributed by atoms with Crippen molar-refractivity contribution in [2.75, 3.05) is 78.5 Å². The highest BCUT2D eigenvalue weighted by Gasteiger charge is 2.21. The molecular formula is C65H134N4. The molecule has 0 aromatic carbocycles. The number of nitrogens with zero attached hydrogens (tertiary/aromatic N) is 4. The third-order valence-corrected chi connectivity index (χ3v) is 16.7. The molecule has 4 heteroatoms. The maximum Gasteiger partial charge on any atom is 0.0110 e. The Hall–Kier alpha value is -0.160. The van der Waals surface area contributed by atoms with Crippen molar-refractivity contribution in [2.45, 2.75) is 336 Å². The average Bonchev–Trinajstić information content (AvgIpc) is 3.36. The summed E-state index contributed by atoms with van der Waals surface area (Å²) >= 11 is 0. The third-order valence-electron chi connectivity index (χ3n) is 16.7. The molecule has 4 nitrogen and oxygen atoms in total. The van der Waals surface area contributed by atoms with E-state index in [2.05, 4.69) is 54.2 Å². The Kier molecular flexibility index (Phi) is 53.9. The Morgan fingerprint density at radius 3 is 0.725 bits per heavy atom. The smallest absolute Gasteiger partial charge is 0.0110 e. The highest BCUT2D eigenvalue weighted by Crippen LogP contribution is 2.22. The SMILES string of the molecule is CCCCCCCCCCCCN(CCCCCCCCCCCC)CCN(CCCCCCCCCCCC)CCN1CCC(CCN(CCCCCCCCC)CCCCCCCCC)CC1. The van der Waals surface area contributed by atoms with Gasteiger partial charge in [-0.1, -0.05) is 285 Å². The summed E-state index contributed by atoms with van der Waals surface area (Å²) in [4.78, 5) is 11.7. The van der Waals surface area contributed by atoms with Gasteiger partial charge in [0.15, 0.2) is 0 Å². The van der Waals surface area contributed by atoms with Crippen molar-refractivity contribution >= 4 is 0 Å². The number of rotatable bonds is 58. The summed E-state index contributed by atoms with van der Waals surface area (Å²) < 4.78 is 0. The first-order valence-corrected chi connectivity index (χ1v) is 33.1. The largest absolute Gasteiger partial charge is 0.303 e. The van der Waals surface area contributed by atoms with Crippen molar-refractivity contribution in [2.24, 2.45) is 5.92 Å². The second-order valence-corrected chi connectivity index (χ2v) is 23.4. The number of hydrogen-bond acceptors (Lipinski definition) is 4. The molecule has 1 heterocycles. The fourth-order valence-electron chi connectivity index (χ4n) is 11.5. The molecule has 0 aromatic heterocycles. The van der Waals surface area contributed by atoms with Gasteiger partial charge in [-0.3, -0.25) is 0 Å². The lowest BCUT2D eigenvalue weighted by atomic mass is 9.93. The van der Waals surface area contributed by atoms with Crippen LogP contribution in [0, 0.1) is 5.92 Å². The van der Waals surface area contributed by atoms with E-state index in [9.17, 15) is 0 Å². The van der Waals surface area contributed by atoms with Gasteiger partial charge in [0.1, 0.15) is 0 Å². The minimum Gasteiger partial charge on any atom is -0.303 e. The van der Waals surface area contributed by atoms with Crippen molar-refractivity contribution in [3.05, 3.63) is 0 Å². The Morgan fingerprint density at radius 2 is 0.464 bits per heavy atom. The first-order chi connectivity index (χ1) is 34.2. The highest BCUT2D eigenvalue weighted by molar-refractivity contribution is 4.76. The zero-order chi connectivity index (χ0) is 49.6. The number of likely N-dealkylation sites (tertiary alicyclic amines) is 1. The zero-order valence-corrected chi connectivity index (χ0v) is 49.1. The molecule has 1 aliphatic rings. The molecule has 0 saturated carbocycles. The average molecular weight is 972 g/mol. The van der Waals surface area contributed by atoms with E-state index in [0.29, 0.717) is 0 Å². The predicted octanol–water partition coefficient (Wildman–Crippen LogP) is 20.3. The van der Waals surface area contributed by atoms with E-state index in [1.165, 1.54) is 380 Å². The minimum absolute atomic E-state index is 0.944. The van der Waals surface area contributed by atoms with Crippen LogP contribution in [0.4, 0.5) is 0 Å². The van der Waals surface area contributed by atoms with Crippen LogP contribution in [0.25, 0.3) is 0 Å². The normalized spacial score (nSPS) is 13.9. The second-order valence-electron chi connectivity index (χ2n) is 23.4. The van der Waals surface area contributed by atoms with E-state index in [4.69, 9.17) is 0 Å². The van der Waals surface area contributed by atoms with Crippen LogP contribution in [0.1, 0.15) is 336 Å². The summed E-state index contributed by atoms with van der Waals surface area (Å²) in [5.41, 5.74) is 0. The van der Waals surface area contributed by atoms with E-state index < -0.39 is 0 Å². The maximum atomic E-state index is 2.94. The molecule has 0 radical (unpaired) electrons. The number of hydrogen-bond donors (Lipinski definition) is 0. The van der Waals surface area contributed by atoms with Crippen LogP contribution >= 0.6 is 0 Å². The monoisotopic (exact) mass is 971 g/mol. The summed E-state index contributed by atoms with van der Waals surface area (Å²) in [6, 6.07) is 0. The number of piperidine rings is 1. The third kappa shape index (κ3) is 47.3. The molecule has 0 amide bonds. The summed E-state index contributed by atoms with van der Waals surface area (Å²) in [5.74, 6) is 0.944. The van der Waals surface area contributed by atoms with E-state index in [0.717, 1.165) is 5.92 Å². The van der Waals surface area contributed by atoms with Gasteiger partial charge in [0.25, 0.3) is 0 Å². The fourth-order valence-corrected chi connectivity index (χ4v) is 11.5. The molecule has 1 fully saturated rings. The molecule has 1 aliphatic heterocycles. The molecule has 414 valence electrons. The summed E-state index contributed by atoms with van der Waals surface area (Å²) in [7, 11) is 0. The summed E-state index contributed by atoms with van der Waals surface area (Å²) in [6.45, 7) is 27.6. The lowest BCUT2D eigenvalue weighted by molar-refractivity contribution is 0.134. The van der Waals surface area contributed by atoms with E-state index >= 15 is 0 Å². The van der Waals surface area contributed by atoms with E-state index in [1.807, 2.05) is 0 Å². The van der Waals surface area contributed by atoms with Crippen LogP contribution < -0.4 is 0 Å². The van der Waals surface area contributed by atoms with Gasteiger partial charge in [0.2, 0.25) is 0 Å². The molecule has 0 spiro atoms. The van der Waals surface area contributed by atoms with Crippen molar-refractivity contribution in [3.63, 3.8) is 0 Å². The van der Waals surface area contributed by atoms with Gasteiger partial charge in [-0.05, 0) is 110 Å². The van der Waals surface area contributed by atoms with Gasteiger partial charge < -0.3 is 19.6 Å². The highest BCUT2D eigenvalue weighted by atomic mass is 15.2. The maximum absolute atomic E-state index is 2.94. The van der Waals surface area contributed by atoms with Gasteiger partial charge in [-0.15, -0.1) is 0 Å². The summed E-state index contributed by atoms with van der Waals surface area (Å²) in [6.07, 6.45) is 67.6. The van der Waals surface area contributed by atoms with Crippen LogP contribution in [0.5, 0.6) is 0 Å². The van der Waals surface area contributed by atoms with Crippen LogP contribution in [0.2, 0.25) is 0 Å². The van der Waals surface area contributed by atoms with E-state index in [-0.39, 0.29) is 0 Å². The van der Waals surface area contributed by atoms with Gasteiger partial charge in [0.05, 0.1) is 0 Å². The predicted molar refractivity (Wildman–Crippen MR) is 315 cm³/mol. The van der Waals surface area contributed by atoms with Gasteiger partial charge >= 0.3 is 0 Å². The Balaban J connectivity index is 2.70. The minimum atomic E-state index is 0.944. The van der Waals surface area contributed by atoms with Crippen LogP contribution in [-0.2, 0) is 0 Å². The quantitative estimate of drug-likeness (QED) is 0.0563. The molecule has 0 N–H and O–H groups in total. The van der Waals surface area contributed by atoms with Crippen molar-refractivity contribution < 1.29 is 0 Å². The van der Waals surface area contributed by atoms with Crippen LogP contribution in [-0.4, -0.2) is 98.1 Å². The topological polar surface area (TPSA) is 13.0 Å². The molecule has 0 aromatic rings. The van der Waals surface area contributed by atoms with Crippen LogP contribution in [0.3, 0.4) is 0 Å². The van der Waals surface area contributed by atoms with Crippen LogP contribution in [0.15, 0.2) is 0 Å². The zero-order valence-electron chi connectivity index (χ0n) is 49.1. The molecule has 0 unspecified atom stereocenters. The standard InChI is InChI=1S/C65H134N4/c1-6-11-16-21-26-29-32-37-42-47-55-67(56-48-43-38-33-30-27-22-17-12-7-2)61-62-68(57-49-44-39-34-31-28-23-18-13-8-3)63-64-69-59-51-65(52-60-69)50-58-66(53-45-40-35-24-19-14-9-4)54-46-41-36-25-20-15-10-5/h65H,6-64H2,1-5H3. The molecule has 69 heavy (non-hydrogen) atoms. The Bertz CT molecular complexity index is 891. The van der Waals surface area contributed by atoms with Crippen molar-refractivity contribution in [3.8, 4) is 0 Å². The molecule has 0 atom stereocenters. The fraction of sp³-hybridized carbons (Fsp3) is 1.00. The Morgan fingerprint density at radius 1 is 0.246 bits per heavy atom. The molecule has 1 saturated heterocycles.